The number of hydrogen-bond donors (Lipinski definition) is 0. The molecule has 0 aliphatic carbocycles. The Morgan fingerprint density at radius 2 is 1.06 bits per heavy atom. The molecular weight excluding hydrogens is 585 g/mol. The van der Waals surface area contributed by atoms with Crippen LogP contribution in [0, 0.1) is 13.7 Å². The maximum Gasteiger partial charge on any atom is 0.260 e. The van der Waals surface area contributed by atoms with E-state index >= 15 is 0 Å². The molecule has 0 atom stereocenters. The van der Waals surface area contributed by atoms with Crippen LogP contribution in [0.15, 0.2) is 145 Å². The lowest BCUT2D eigenvalue weighted by Gasteiger charge is -2.34. The summed E-state index contributed by atoms with van der Waals surface area (Å²) < 4.78 is 134. The van der Waals surface area contributed by atoms with E-state index in [4.69, 9.17) is 28.7 Å². The predicted molar refractivity (Wildman–Crippen MR) is 199 cm³/mol. The average molecular weight is 630 g/mol. The van der Waals surface area contributed by atoms with Gasteiger partial charge in [-0.2, -0.15) is 0 Å². The number of nitrogens with zero attached hydrogens (tertiary/aromatic N) is 1. The van der Waals surface area contributed by atoms with Crippen LogP contribution in [0.25, 0.3) is 49.7 Å². The largest absolute Gasteiger partial charge is 0.458 e. The molecule has 2 aliphatic rings. The first-order valence-electron chi connectivity index (χ1n) is 22.4. The minimum atomic E-state index is -2.41. The zero-order valence-corrected chi connectivity index (χ0v) is 25.1. The summed E-state index contributed by atoms with van der Waals surface area (Å²) in [6.07, 6.45) is 0. The zero-order chi connectivity index (χ0) is 43.9. The molecule has 0 amide bonds. The third kappa shape index (κ3) is 3.96. The van der Waals surface area contributed by atoms with Gasteiger partial charge in [0.25, 0.3) is 6.71 Å². The van der Waals surface area contributed by atoms with Crippen LogP contribution in [0.3, 0.4) is 0 Å². The lowest BCUT2D eigenvalue weighted by atomic mass is 9.34. The van der Waals surface area contributed by atoms with Crippen molar-refractivity contribution in [2.75, 3.05) is 0 Å². The summed E-state index contributed by atoms with van der Waals surface area (Å²) in [5.74, 6) is 1.32. The van der Waals surface area contributed by atoms with Crippen molar-refractivity contribution in [1.29, 1.82) is 0 Å². The Morgan fingerprint density at radius 3 is 1.58 bits per heavy atom. The van der Waals surface area contributed by atoms with E-state index < -0.39 is 68.8 Å². The Hall–Kier alpha value is -6.00. The molecule has 0 spiro atoms. The summed E-state index contributed by atoms with van der Waals surface area (Å²) in [6.45, 7) is -5.36. The number of rotatable bonds is 3. The monoisotopic (exact) mass is 629 g/mol. The molecule has 0 N–H and O–H groups in total. The first kappa shape index (κ1) is 16.7. The zero-order valence-electron chi connectivity index (χ0n) is 39.1. The Labute approximate surface area is 299 Å². The van der Waals surface area contributed by atoms with Crippen LogP contribution < -0.4 is 25.9 Å². The first-order valence-corrected chi connectivity index (χ1v) is 15.4. The van der Waals surface area contributed by atoms with Crippen LogP contribution in [0.4, 0.5) is 0 Å². The Kier molecular flexibility index (Phi) is 3.57. The molecule has 3 nitrogen and oxygen atoms in total. The van der Waals surface area contributed by atoms with Gasteiger partial charge in [0.2, 0.25) is 0 Å². The second-order valence-electron chi connectivity index (χ2n) is 11.9. The lowest BCUT2D eigenvalue weighted by molar-refractivity contribution is 0.464. The number of benzene rings is 7. The molecule has 7 aromatic carbocycles. The summed E-state index contributed by atoms with van der Waals surface area (Å²) in [5, 5.41) is -0.176. The molecule has 1 aromatic heterocycles. The molecule has 2 aliphatic heterocycles. The van der Waals surface area contributed by atoms with E-state index in [9.17, 15) is 0 Å². The number of fused-ring (bicyclic) bond motifs is 7. The molecule has 3 heterocycles. The van der Waals surface area contributed by atoms with E-state index in [1.807, 2.05) is 24.3 Å². The van der Waals surface area contributed by atoms with Crippen LogP contribution in [0.5, 0.6) is 23.0 Å². The second kappa shape index (κ2) is 10.3. The van der Waals surface area contributed by atoms with E-state index in [1.54, 1.807) is 72.8 Å². The van der Waals surface area contributed by atoms with Crippen LogP contribution in [0.1, 0.15) is 30.3 Å². The van der Waals surface area contributed by atoms with Gasteiger partial charge in [-0.1, -0.05) is 109 Å². The highest BCUT2D eigenvalue weighted by Crippen LogP contribution is 2.41. The molecule has 0 saturated heterocycles. The van der Waals surface area contributed by atoms with Crippen LogP contribution in [0.2, 0.25) is 0 Å². The summed E-state index contributed by atoms with van der Waals surface area (Å²) >= 11 is 0. The van der Waals surface area contributed by atoms with Crippen molar-refractivity contribution in [3.05, 3.63) is 157 Å². The lowest BCUT2D eigenvalue weighted by Crippen LogP contribution is -2.57. The Morgan fingerprint density at radius 1 is 0.562 bits per heavy atom. The van der Waals surface area contributed by atoms with Crippen molar-refractivity contribution in [2.45, 2.75) is 13.7 Å². The molecule has 226 valence electrons. The van der Waals surface area contributed by atoms with E-state index in [0.717, 1.165) is 10.9 Å². The van der Waals surface area contributed by atoms with E-state index in [1.165, 1.54) is 4.57 Å². The van der Waals surface area contributed by atoms with Gasteiger partial charge in [-0.05, 0) is 82.2 Å². The quantitative estimate of drug-likeness (QED) is 0.182. The Balaban J connectivity index is 1.27. The second-order valence-corrected chi connectivity index (χ2v) is 11.9. The van der Waals surface area contributed by atoms with Gasteiger partial charge in [0.05, 0.1) is 27.7 Å². The van der Waals surface area contributed by atoms with Gasteiger partial charge in [-0.25, -0.2) is 0 Å². The molecule has 0 bridgehead atoms. The summed E-state index contributed by atoms with van der Waals surface area (Å²) in [7, 11) is 0. The summed E-state index contributed by atoms with van der Waals surface area (Å²) in [4.78, 5) is 0. The maximum absolute atomic E-state index is 9.08. The molecule has 8 aromatic rings. The molecule has 0 radical (unpaired) electrons. The van der Waals surface area contributed by atoms with Crippen LogP contribution in [-0.4, -0.2) is 11.3 Å². The van der Waals surface area contributed by atoms with Crippen molar-refractivity contribution < 1.29 is 28.7 Å². The highest BCUT2D eigenvalue weighted by Gasteiger charge is 2.41. The van der Waals surface area contributed by atoms with Gasteiger partial charge in [0.1, 0.15) is 23.0 Å². The summed E-state index contributed by atoms with van der Waals surface area (Å²) in [5.41, 5.74) is 4.52. The van der Waals surface area contributed by atoms with E-state index in [-0.39, 0.29) is 50.1 Å². The van der Waals surface area contributed by atoms with Crippen molar-refractivity contribution in [3.63, 3.8) is 0 Å². The van der Waals surface area contributed by atoms with E-state index in [2.05, 4.69) is 0 Å². The average Bonchev–Trinajstić information content (AvgIpc) is 3.61. The van der Waals surface area contributed by atoms with Crippen molar-refractivity contribution >= 4 is 44.9 Å². The smallest absolute Gasteiger partial charge is 0.260 e. The standard InChI is InChI=1S/C44H30BNO2/c1-27-11-3-5-13-32(27)29-19-21-36-40(23-29)47-42-25-31(46-38-17-9-7-15-34(38)35-16-8-10-18-39(35)46)26-43-44(42)45(36)37-22-20-30(24-41(37)48-43)33-14-6-4-12-28(33)2/h3-26H,1-2H3/i1D3,2D3,7D,8D,9D,10D,15D,16D,17D,18D. The van der Waals surface area contributed by atoms with Crippen molar-refractivity contribution in [1.82, 2.24) is 4.57 Å². The van der Waals surface area contributed by atoms with Gasteiger partial charge in [0, 0.05) is 36.6 Å². The number of hydrogen-bond acceptors (Lipinski definition) is 2. The normalized spacial score (nSPS) is 17.4. The third-order valence-corrected chi connectivity index (χ3v) is 9.23. The highest BCUT2D eigenvalue weighted by atomic mass is 16.5. The molecule has 10 rings (SSSR count). The van der Waals surface area contributed by atoms with Gasteiger partial charge < -0.3 is 14.0 Å². The fraction of sp³-hybridized carbons (Fsp3) is 0.0455. The Bertz CT molecular complexity index is 3070. The fourth-order valence-corrected chi connectivity index (χ4v) is 7.09. The van der Waals surface area contributed by atoms with Crippen molar-refractivity contribution in [2.24, 2.45) is 0 Å². The molecule has 0 saturated carbocycles. The minimum absolute atomic E-state index is 0.0822. The predicted octanol–water partition coefficient (Wildman–Crippen LogP) is 9.46. The molecular formula is C44H30BNO2. The van der Waals surface area contributed by atoms with Gasteiger partial charge in [-0.15, -0.1) is 0 Å². The number of ether oxygens (including phenoxy) is 2. The molecule has 4 heteroatoms. The van der Waals surface area contributed by atoms with Gasteiger partial charge in [0.15, 0.2) is 0 Å². The number of aromatic nitrogens is 1. The van der Waals surface area contributed by atoms with E-state index in [0.29, 0.717) is 39.2 Å². The van der Waals surface area contributed by atoms with Gasteiger partial charge >= 0.3 is 0 Å². The fourth-order valence-electron chi connectivity index (χ4n) is 7.09. The number of aryl methyl sites for hydroxylation is 2. The van der Waals surface area contributed by atoms with Crippen LogP contribution >= 0.6 is 0 Å². The van der Waals surface area contributed by atoms with Crippen molar-refractivity contribution in [3.8, 4) is 50.9 Å². The number of para-hydroxylation sites is 2. The molecule has 0 fully saturated rings. The summed E-state index contributed by atoms with van der Waals surface area (Å²) in [6, 6.07) is 23.5. The maximum atomic E-state index is 9.08. The third-order valence-electron chi connectivity index (χ3n) is 9.23. The van der Waals surface area contributed by atoms with Gasteiger partial charge in [-0.3, -0.25) is 0 Å². The minimum Gasteiger partial charge on any atom is -0.458 e. The molecule has 0 unspecified atom stereocenters. The SMILES string of the molecule is [2H]c1c([2H])c([2H])c2c(c1[2H])c1c([2H])c([2H])c([2H])c([2H])c1n2-c1cc2c3c(c1)Oc1cc(-c4ccccc4C([2H])([2H])[2H])ccc1B3c1ccc(-c3ccccc3C([2H])([2H])[2H])cc1O2. The van der Waals surface area contributed by atoms with Crippen LogP contribution in [-0.2, 0) is 0 Å². The first-order chi connectivity index (χ1) is 29.4. The molecule has 48 heavy (non-hydrogen) atoms. The topological polar surface area (TPSA) is 23.4 Å². The highest BCUT2D eigenvalue weighted by molar-refractivity contribution is 6.98.